The zero-order valence-electron chi connectivity index (χ0n) is 19.6. The van der Waals surface area contributed by atoms with Crippen molar-refractivity contribution in [2.75, 3.05) is 13.2 Å². The van der Waals surface area contributed by atoms with Crippen LogP contribution in [0.3, 0.4) is 0 Å². The second kappa shape index (κ2) is 10.3. The molecule has 1 amide bonds. The van der Waals surface area contributed by atoms with Gasteiger partial charge in [-0.1, -0.05) is 30.3 Å². The Bertz CT molecular complexity index is 949. The molecular weight excluding hydrogens is 419 g/mol. The second-order valence-electron chi connectivity index (χ2n) is 9.66. The van der Waals surface area contributed by atoms with Crippen molar-refractivity contribution in [3.05, 3.63) is 70.5 Å². The molecule has 5 nitrogen and oxygen atoms in total. The molecule has 2 aromatic carbocycles. The molecule has 1 saturated carbocycles. The number of hydrogen-bond acceptors (Lipinski definition) is 4. The summed E-state index contributed by atoms with van der Waals surface area (Å²) in [5.41, 5.74) is 3.86. The molecule has 2 fully saturated rings. The van der Waals surface area contributed by atoms with Crippen LogP contribution in [0.1, 0.15) is 67.4 Å². The fourth-order valence-electron chi connectivity index (χ4n) is 4.90. The van der Waals surface area contributed by atoms with Crippen LogP contribution in [0.25, 0.3) is 0 Å². The number of ether oxygens (including phenoxy) is 1. The van der Waals surface area contributed by atoms with Gasteiger partial charge in [0.2, 0.25) is 5.91 Å². The fourth-order valence-corrected chi connectivity index (χ4v) is 4.90. The van der Waals surface area contributed by atoms with Crippen molar-refractivity contribution in [3.63, 3.8) is 0 Å². The Hall–Kier alpha value is -2.28. The molecule has 0 bridgehead atoms. The maximum Gasteiger partial charge on any atom is 0.217 e. The molecule has 33 heavy (non-hydrogen) atoms. The van der Waals surface area contributed by atoms with Crippen LogP contribution >= 0.6 is 0 Å². The normalized spacial score (nSPS) is 21.3. The molecule has 1 aliphatic heterocycles. The Morgan fingerprint density at radius 3 is 2.73 bits per heavy atom. The number of carbonyl (C=O) groups excluding carboxylic acids is 1. The summed E-state index contributed by atoms with van der Waals surface area (Å²) in [7, 11) is 0. The summed E-state index contributed by atoms with van der Waals surface area (Å²) in [5.74, 6) is -0.522. The number of aliphatic hydroxyl groups excluding tert-OH is 1. The molecule has 1 saturated heterocycles. The first kappa shape index (κ1) is 23.9. The van der Waals surface area contributed by atoms with Crippen molar-refractivity contribution >= 4 is 5.91 Å². The molecule has 3 N–H and O–H groups in total. The van der Waals surface area contributed by atoms with E-state index in [1.54, 1.807) is 0 Å². The monoisotopic (exact) mass is 454 g/mol. The standard InChI is InChI=1S/C27H35FN2O3/c1-18-12-20(14-23(28)13-18)15-24(30-19(2)31)25(32)17-29-27(9-10-27)22-7-5-6-21(16-22)26-8-3-4-11-33-26/h5-7,12-14,16,24-26,29,32H,3-4,8-11,15,17H2,1-2H3,(H,30,31). The number of halogens is 1. The summed E-state index contributed by atoms with van der Waals surface area (Å²) in [6.07, 6.45) is 5.11. The van der Waals surface area contributed by atoms with Gasteiger partial charge in [0.05, 0.1) is 18.2 Å². The topological polar surface area (TPSA) is 70.6 Å². The average Bonchev–Trinajstić information content (AvgIpc) is 3.58. The lowest BCUT2D eigenvalue weighted by atomic mass is 9.95. The number of hydrogen-bond donors (Lipinski definition) is 3. The van der Waals surface area contributed by atoms with Crippen LogP contribution in [-0.2, 0) is 21.5 Å². The molecule has 0 aromatic heterocycles. The summed E-state index contributed by atoms with van der Waals surface area (Å²) in [5, 5.41) is 17.4. The predicted molar refractivity (Wildman–Crippen MR) is 126 cm³/mol. The molecule has 2 aliphatic rings. The van der Waals surface area contributed by atoms with Crippen LogP contribution in [-0.4, -0.2) is 36.3 Å². The molecule has 2 aromatic rings. The summed E-state index contributed by atoms with van der Waals surface area (Å²) in [6.45, 7) is 4.43. The highest BCUT2D eigenvalue weighted by Crippen LogP contribution is 2.46. The van der Waals surface area contributed by atoms with E-state index in [1.165, 1.54) is 36.6 Å². The molecule has 178 valence electrons. The minimum absolute atomic E-state index is 0.151. The number of aliphatic hydroxyl groups is 1. The van der Waals surface area contributed by atoms with E-state index in [0.717, 1.165) is 43.4 Å². The molecule has 1 aliphatic carbocycles. The van der Waals surface area contributed by atoms with Gasteiger partial charge in [0.1, 0.15) is 5.82 Å². The van der Waals surface area contributed by atoms with Crippen LogP contribution in [0.5, 0.6) is 0 Å². The first-order chi connectivity index (χ1) is 15.8. The van der Waals surface area contributed by atoms with E-state index < -0.39 is 12.1 Å². The third-order valence-corrected chi connectivity index (χ3v) is 6.80. The fraction of sp³-hybridized carbons (Fsp3) is 0.519. The van der Waals surface area contributed by atoms with E-state index in [0.29, 0.717) is 13.0 Å². The van der Waals surface area contributed by atoms with E-state index in [2.05, 4.69) is 34.9 Å². The van der Waals surface area contributed by atoms with Gasteiger partial charge in [0.25, 0.3) is 0 Å². The molecule has 6 heteroatoms. The quantitative estimate of drug-likeness (QED) is 0.534. The Balaban J connectivity index is 1.42. The minimum atomic E-state index is -0.806. The zero-order valence-corrected chi connectivity index (χ0v) is 19.6. The number of benzene rings is 2. The van der Waals surface area contributed by atoms with Gasteiger partial charge in [-0.15, -0.1) is 0 Å². The molecule has 0 spiro atoms. The average molecular weight is 455 g/mol. The smallest absolute Gasteiger partial charge is 0.217 e. The summed E-state index contributed by atoms with van der Waals surface area (Å²) >= 11 is 0. The van der Waals surface area contributed by atoms with Crippen molar-refractivity contribution in [1.82, 2.24) is 10.6 Å². The summed E-state index contributed by atoms with van der Waals surface area (Å²) < 4.78 is 19.8. The molecule has 0 radical (unpaired) electrons. The van der Waals surface area contributed by atoms with E-state index >= 15 is 0 Å². The lowest BCUT2D eigenvalue weighted by molar-refractivity contribution is -0.120. The highest BCUT2D eigenvalue weighted by atomic mass is 19.1. The number of amides is 1. The summed E-state index contributed by atoms with van der Waals surface area (Å²) in [4.78, 5) is 11.8. The van der Waals surface area contributed by atoms with Crippen molar-refractivity contribution in [2.24, 2.45) is 0 Å². The lowest BCUT2D eigenvalue weighted by Crippen LogP contribution is -2.49. The molecular formula is C27H35FN2O3. The van der Waals surface area contributed by atoms with Gasteiger partial charge in [-0.3, -0.25) is 4.79 Å². The molecule has 3 atom stereocenters. The first-order valence-corrected chi connectivity index (χ1v) is 12.0. The van der Waals surface area contributed by atoms with Gasteiger partial charge < -0.3 is 20.5 Å². The van der Waals surface area contributed by atoms with Gasteiger partial charge in [-0.2, -0.15) is 0 Å². The first-order valence-electron chi connectivity index (χ1n) is 12.0. The van der Waals surface area contributed by atoms with E-state index in [1.807, 2.05) is 13.0 Å². The van der Waals surface area contributed by atoms with Gasteiger partial charge in [-0.25, -0.2) is 4.39 Å². The highest BCUT2D eigenvalue weighted by molar-refractivity contribution is 5.73. The van der Waals surface area contributed by atoms with Crippen molar-refractivity contribution < 1.29 is 19.0 Å². The number of carbonyl (C=O) groups is 1. The van der Waals surface area contributed by atoms with Crippen LogP contribution in [0.15, 0.2) is 42.5 Å². The maximum absolute atomic E-state index is 13.8. The van der Waals surface area contributed by atoms with Crippen molar-refractivity contribution in [2.45, 2.75) is 76.2 Å². The Morgan fingerprint density at radius 2 is 2.06 bits per heavy atom. The van der Waals surface area contributed by atoms with Crippen LogP contribution in [0.2, 0.25) is 0 Å². The highest BCUT2D eigenvalue weighted by Gasteiger charge is 2.44. The summed E-state index contributed by atoms with van der Waals surface area (Å²) in [6, 6.07) is 12.9. The van der Waals surface area contributed by atoms with E-state index in [9.17, 15) is 14.3 Å². The maximum atomic E-state index is 13.8. The molecule has 3 unspecified atom stereocenters. The molecule has 1 heterocycles. The number of rotatable bonds is 9. The zero-order chi connectivity index (χ0) is 23.4. The Labute approximate surface area is 195 Å². The predicted octanol–water partition coefficient (Wildman–Crippen LogP) is 4.06. The molecule has 4 rings (SSSR count). The number of nitrogens with one attached hydrogen (secondary N) is 2. The second-order valence-corrected chi connectivity index (χ2v) is 9.66. The van der Waals surface area contributed by atoms with E-state index in [-0.39, 0.29) is 23.4 Å². The van der Waals surface area contributed by atoms with Crippen molar-refractivity contribution in [3.8, 4) is 0 Å². The van der Waals surface area contributed by atoms with Crippen LogP contribution < -0.4 is 10.6 Å². The van der Waals surface area contributed by atoms with Crippen LogP contribution in [0.4, 0.5) is 4.39 Å². The van der Waals surface area contributed by atoms with Gasteiger partial charge >= 0.3 is 0 Å². The van der Waals surface area contributed by atoms with Crippen LogP contribution in [0, 0.1) is 12.7 Å². The van der Waals surface area contributed by atoms with Gasteiger partial charge in [0.15, 0.2) is 0 Å². The SMILES string of the molecule is CC(=O)NC(Cc1cc(C)cc(F)c1)C(O)CNC1(c2cccc(C3CCCCO3)c2)CC1. The third kappa shape index (κ3) is 6.19. The van der Waals surface area contributed by atoms with Gasteiger partial charge in [0, 0.05) is 25.6 Å². The minimum Gasteiger partial charge on any atom is -0.390 e. The Morgan fingerprint density at radius 1 is 1.24 bits per heavy atom. The Kier molecular flexibility index (Phi) is 7.47. The third-order valence-electron chi connectivity index (χ3n) is 6.80. The number of aryl methyl sites for hydroxylation is 1. The van der Waals surface area contributed by atoms with Gasteiger partial charge in [-0.05, 0) is 79.8 Å². The van der Waals surface area contributed by atoms with E-state index in [4.69, 9.17) is 4.74 Å². The lowest BCUT2D eigenvalue weighted by Gasteiger charge is -2.28. The van der Waals surface area contributed by atoms with Crippen molar-refractivity contribution in [1.29, 1.82) is 0 Å². The largest absolute Gasteiger partial charge is 0.390 e.